The topological polar surface area (TPSA) is 53.5 Å². The number of nitrogens with zero attached hydrogens (tertiary/aromatic N) is 3. The maximum Gasteiger partial charge on any atom is 0.243 e. The molecule has 1 aliphatic heterocycles. The summed E-state index contributed by atoms with van der Waals surface area (Å²) in [5.74, 6) is 0. The molecule has 0 unspecified atom stereocenters. The third-order valence-corrected chi connectivity index (χ3v) is 7.71. The van der Waals surface area contributed by atoms with Gasteiger partial charge in [-0.15, -0.1) is 0 Å². The molecule has 2 heterocycles. The van der Waals surface area contributed by atoms with Crippen LogP contribution in [0.15, 0.2) is 57.9 Å². The number of hydrogen-bond acceptors (Lipinski definition) is 5. The molecule has 1 saturated heterocycles. The van der Waals surface area contributed by atoms with Gasteiger partial charge in [0, 0.05) is 30.7 Å². The largest absolute Gasteiger partial charge is 0.345 e. The number of benzene rings is 2. The maximum atomic E-state index is 12.7. The minimum absolute atomic E-state index is 0.355. The van der Waals surface area contributed by atoms with Crippen LogP contribution in [0.3, 0.4) is 0 Å². The van der Waals surface area contributed by atoms with Gasteiger partial charge in [0.05, 0.1) is 15.1 Å². The van der Waals surface area contributed by atoms with E-state index < -0.39 is 10.0 Å². The van der Waals surface area contributed by atoms with E-state index in [0.29, 0.717) is 31.1 Å². The van der Waals surface area contributed by atoms with Crippen LogP contribution in [-0.2, 0) is 10.0 Å². The van der Waals surface area contributed by atoms with Crippen LogP contribution >= 0.6 is 27.3 Å². The van der Waals surface area contributed by atoms with Crippen LogP contribution in [0.1, 0.15) is 0 Å². The molecule has 8 heteroatoms. The van der Waals surface area contributed by atoms with Crippen LogP contribution in [-0.4, -0.2) is 43.9 Å². The van der Waals surface area contributed by atoms with Gasteiger partial charge in [-0.25, -0.2) is 13.4 Å². The summed E-state index contributed by atoms with van der Waals surface area (Å²) in [6.07, 6.45) is 0. The molecule has 0 aliphatic carbocycles. The second-order valence-corrected chi connectivity index (χ2v) is 9.68. The Hall–Kier alpha value is -1.48. The highest BCUT2D eigenvalue weighted by molar-refractivity contribution is 9.10. The average molecular weight is 438 g/mol. The lowest BCUT2D eigenvalue weighted by molar-refractivity contribution is 0.385. The average Bonchev–Trinajstić information content (AvgIpc) is 3.06. The van der Waals surface area contributed by atoms with Gasteiger partial charge in [-0.1, -0.05) is 45.5 Å². The third kappa shape index (κ3) is 3.31. The molecular formula is C17H16BrN3O2S2. The Balaban J connectivity index is 1.51. The van der Waals surface area contributed by atoms with E-state index in [1.54, 1.807) is 39.9 Å². The molecule has 1 aromatic heterocycles. The highest BCUT2D eigenvalue weighted by Gasteiger charge is 2.29. The van der Waals surface area contributed by atoms with Gasteiger partial charge in [-0.3, -0.25) is 0 Å². The first kappa shape index (κ1) is 17.0. The lowest BCUT2D eigenvalue weighted by atomic mass is 10.3. The van der Waals surface area contributed by atoms with E-state index in [2.05, 4.69) is 31.9 Å². The van der Waals surface area contributed by atoms with Crippen molar-refractivity contribution < 1.29 is 8.42 Å². The first-order chi connectivity index (χ1) is 12.0. The summed E-state index contributed by atoms with van der Waals surface area (Å²) in [6.45, 7) is 2.23. The van der Waals surface area contributed by atoms with Gasteiger partial charge in [-0.05, 0) is 30.3 Å². The van der Waals surface area contributed by atoms with Crippen LogP contribution in [0, 0.1) is 0 Å². The molecule has 0 saturated carbocycles. The fraction of sp³-hybridized carbons (Fsp3) is 0.235. The number of sulfonamides is 1. The van der Waals surface area contributed by atoms with Gasteiger partial charge in [0.15, 0.2) is 5.13 Å². The Morgan fingerprint density at radius 3 is 2.44 bits per heavy atom. The van der Waals surface area contributed by atoms with Gasteiger partial charge in [0.1, 0.15) is 0 Å². The van der Waals surface area contributed by atoms with Crippen molar-refractivity contribution in [2.24, 2.45) is 0 Å². The number of anilines is 1. The first-order valence-corrected chi connectivity index (χ1v) is 11.0. The minimum atomic E-state index is -3.41. The predicted octanol–water partition coefficient (Wildman–Crippen LogP) is 3.57. The van der Waals surface area contributed by atoms with Crippen molar-refractivity contribution in [3.63, 3.8) is 0 Å². The van der Waals surface area contributed by atoms with Crippen molar-refractivity contribution >= 4 is 52.6 Å². The normalized spacial score (nSPS) is 16.4. The van der Waals surface area contributed by atoms with E-state index in [9.17, 15) is 8.42 Å². The van der Waals surface area contributed by atoms with E-state index in [4.69, 9.17) is 0 Å². The molecular weight excluding hydrogens is 422 g/mol. The second kappa shape index (κ2) is 6.68. The molecule has 0 bridgehead atoms. The van der Waals surface area contributed by atoms with Gasteiger partial charge >= 0.3 is 0 Å². The SMILES string of the molecule is O=S(=O)(c1ccccc1)N1CCN(c2nc3ccc(Br)cc3s2)CC1. The summed E-state index contributed by atoms with van der Waals surface area (Å²) in [7, 11) is -3.41. The first-order valence-electron chi connectivity index (χ1n) is 7.90. The number of aromatic nitrogens is 1. The molecule has 0 atom stereocenters. The molecule has 0 N–H and O–H groups in total. The number of fused-ring (bicyclic) bond motifs is 1. The van der Waals surface area contributed by atoms with Crippen molar-refractivity contribution in [2.75, 3.05) is 31.1 Å². The lowest BCUT2D eigenvalue weighted by Crippen LogP contribution is -2.48. The second-order valence-electron chi connectivity index (χ2n) is 5.81. The number of piperazine rings is 1. The quantitative estimate of drug-likeness (QED) is 0.628. The molecule has 4 rings (SSSR count). The molecule has 130 valence electrons. The van der Waals surface area contributed by atoms with E-state index in [1.807, 2.05) is 18.2 Å². The van der Waals surface area contributed by atoms with Crippen molar-refractivity contribution in [3.8, 4) is 0 Å². The van der Waals surface area contributed by atoms with Crippen LogP contribution in [0.25, 0.3) is 10.2 Å². The molecule has 1 fully saturated rings. The van der Waals surface area contributed by atoms with Crippen LogP contribution in [0.2, 0.25) is 0 Å². The molecule has 0 amide bonds. The summed E-state index contributed by atoms with van der Waals surface area (Å²) < 4.78 is 29.1. The number of hydrogen-bond donors (Lipinski definition) is 0. The van der Waals surface area contributed by atoms with E-state index in [-0.39, 0.29) is 0 Å². The summed E-state index contributed by atoms with van der Waals surface area (Å²) in [5.41, 5.74) is 0.975. The van der Waals surface area contributed by atoms with Crippen LogP contribution in [0.5, 0.6) is 0 Å². The smallest absolute Gasteiger partial charge is 0.243 e. The van der Waals surface area contributed by atoms with Crippen molar-refractivity contribution in [3.05, 3.63) is 53.0 Å². The van der Waals surface area contributed by atoms with Gasteiger partial charge in [0.25, 0.3) is 0 Å². The summed E-state index contributed by atoms with van der Waals surface area (Å²) in [6, 6.07) is 14.7. The van der Waals surface area contributed by atoms with E-state index >= 15 is 0 Å². The fourth-order valence-electron chi connectivity index (χ4n) is 2.88. The molecule has 5 nitrogen and oxygen atoms in total. The summed E-state index contributed by atoms with van der Waals surface area (Å²) >= 11 is 5.12. The van der Waals surface area contributed by atoms with Crippen LogP contribution in [0.4, 0.5) is 5.13 Å². The van der Waals surface area contributed by atoms with Crippen molar-refractivity contribution in [1.29, 1.82) is 0 Å². The highest BCUT2D eigenvalue weighted by Crippen LogP contribution is 2.31. The van der Waals surface area contributed by atoms with E-state index in [0.717, 1.165) is 19.8 Å². The van der Waals surface area contributed by atoms with Crippen LogP contribution < -0.4 is 4.90 Å². The molecule has 0 radical (unpaired) electrons. The summed E-state index contributed by atoms with van der Waals surface area (Å²) in [4.78, 5) is 7.20. The summed E-state index contributed by atoms with van der Waals surface area (Å²) in [5, 5.41) is 0.949. The molecule has 25 heavy (non-hydrogen) atoms. The minimum Gasteiger partial charge on any atom is -0.345 e. The van der Waals surface area contributed by atoms with Crippen molar-refractivity contribution in [1.82, 2.24) is 9.29 Å². The molecule has 1 aliphatic rings. The molecule has 2 aromatic carbocycles. The van der Waals surface area contributed by atoms with Crippen molar-refractivity contribution in [2.45, 2.75) is 4.90 Å². The van der Waals surface area contributed by atoms with E-state index in [1.165, 1.54) is 0 Å². The Morgan fingerprint density at radius 2 is 1.72 bits per heavy atom. The Morgan fingerprint density at radius 1 is 1.00 bits per heavy atom. The zero-order valence-corrected chi connectivity index (χ0v) is 16.5. The molecule has 0 spiro atoms. The highest BCUT2D eigenvalue weighted by atomic mass is 79.9. The number of thiazole rings is 1. The Labute approximate surface area is 159 Å². The molecule has 3 aromatic rings. The Kier molecular flexibility index (Phi) is 4.53. The predicted molar refractivity (Wildman–Crippen MR) is 105 cm³/mol. The van der Waals surface area contributed by atoms with Gasteiger partial charge in [0.2, 0.25) is 10.0 Å². The monoisotopic (exact) mass is 437 g/mol. The zero-order chi connectivity index (χ0) is 17.4. The van der Waals surface area contributed by atoms with Gasteiger partial charge in [-0.2, -0.15) is 4.31 Å². The van der Waals surface area contributed by atoms with Gasteiger partial charge < -0.3 is 4.90 Å². The number of halogens is 1. The zero-order valence-electron chi connectivity index (χ0n) is 13.3. The number of rotatable bonds is 3. The standard InChI is InChI=1S/C17H16BrN3O2S2/c18-13-6-7-15-16(12-13)24-17(19-15)20-8-10-21(11-9-20)25(22,23)14-4-2-1-3-5-14/h1-7,12H,8-11H2. The maximum absolute atomic E-state index is 12.7. The fourth-order valence-corrected chi connectivity index (χ4v) is 5.90. The third-order valence-electron chi connectivity index (χ3n) is 4.23. The lowest BCUT2D eigenvalue weighted by Gasteiger charge is -2.33. The Bertz CT molecular complexity index is 997.